The summed E-state index contributed by atoms with van der Waals surface area (Å²) in [5.41, 5.74) is 2.09. The van der Waals surface area contributed by atoms with Crippen molar-refractivity contribution in [1.82, 2.24) is 4.98 Å². The zero-order chi connectivity index (χ0) is 15.1. The van der Waals surface area contributed by atoms with Gasteiger partial charge < -0.3 is 5.32 Å². The first-order valence-corrected chi connectivity index (χ1v) is 8.88. The van der Waals surface area contributed by atoms with Crippen molar-refractivity contribution in [3.8, 4) is 0 Å². The Morgan fingerprint density at radius 1 is 1.27 bits per heavy atom. The molecule has 6 heteroatoms. The van der Waals surface area contributed by atoms with E-state index in [1.165, 1.54) is 21.8 Å². The van der Waals surface area contributed by atoms with Crippen molar-refractivity contribution < 1.29 is 4.79 Å². The highest BCUT2D eigenvalue weighted by Gasteiger charge is 2.28. The summed E-state index contributed by atoms with van der Waals surface area (Å²) in [4.78, 5) is 18.1. The molecule has 22 heavy (non-hydrogen) atoms. The van der Waals surface area contributed by atoms with E-state index in [4.69, 9.17) is 11.6 Å². The van der Waals surface area contributed by atoms with Crippen LogP contribution in [-0.4, -0.2) is 16.1 Å². The van der Waals surface area contributed by atoms with Crippen LogP contribution < -0.4 is 5.32 Å². The van der Waals surface area contributed by atoms with Gasteiger partial charge in [-0.3, -0.25) is 4.79 Å². The van der Waals surface area contributed by atoms with E-state index in [0.29, 0.717) is 10.2 Å². The average molecular weight is 347 g/mol. The minimum atomic E-state index is -0.0898. The van der Waals surface area contributed by atoms with Crippen molar-refractivity contribution >= 4 is 56.0 Å². The lowest BCUT2D eigenvalue weighted by atomic mass is 10.1. The van der Waals surface area contributed by atoms with Crippen LogP contribution in [0.5, 0.6) is 0 Å². The Morgan fingerprint density at radius 2 is 2.14 bits per heavy atom. The number of nitrogens with zero attached hydrogens (tertiary/aromatic N) is 1. The van der Waals surface area contributed by atoms with Gasteiger partial charge in [-0.25, -0.2) is 4.98 Å². The second-order valence-corrected chi connectivity index (χ2v) is 7.75. The SMILES string of the molecule is O=C(Nc1nc2ccc(Cl)cc2s1)C1Cc2ccccc2S1. The number of rotatable bonds is 2. The van der Waals surface area contributed by atoms with Gasteiger partial charge in [0.05, 0.1) is 15.5 Å². The molecular formula is C16H11ClN2OS2. The molecule has 1 aliphatic heterocycles. The highest BCUT2D eigenvalue weighted by atomic mass is 35.5. The number of thioether (sulfide) groups is 1. The molecule has 1 unspecified atom stereocenters. The van der Waals surface area contributed by atoms with E-state index >= 15 is 0 Å². The highest BCUT2D eigenvalue weighted by molar-refractivity contribution is 8.01. The van der Waals surface area contributed by atoms with Gasteiger partial charge in [-0.05, 0) is 36.2 Å². The molecule has 1 N–H and O–H groups in total. The Bertz CT molecular complexity index is 852. The Hall–Kier alpha value is -1.56. The van der Waals surface area contributed by atoms with Gasteiger partial charge in [-0.2, -0.15) is 0 Å². The number of aromatic nitrogens is 1. The van der Waals surface area contributed by atoms with Crippen LogP contribution in [0.4, 0.5) is 5.13 Å². The molecule has 0 saturated carbocycles. The molecule has 110 valence electrons. The number of amides is 1. The Balaban J connectivity index is 1.52. The number of benzene rings is 2. The second-order valence-electron chi connectivity index (χ2n) is 5.04. The molecule has 0 radical (unpaired) electrons. The summed E-state index contributed by atoms with van der Waals surface area (Å²) in [5.74, 6) is 0.00588. The molecule has 0 fully saturated rings. The summed E-state index contributed by atoms with van der Waals surface area (Å²) < 4.78 is 0.977. The third-order valence-electron chi connectivity index (χ3n) is 3.52. The van der Waals surface area contributed by atoms with Gasteiger partial charge in [0.2, 0.25) is 5.91 Å². The first-order chi connectivity index (χ1) is 10.7. The zero-order valence-electron chi connectivity index (χ0n) is 11.4. The molecule has 3 aromatic rings. The third-order valence-corrected chi connectivity index (χ3v) is 6.01. The Morgan fingerprint density at radius 3 is 3.00 bits per heavy atom. The summed E-state index contributed by atoms with van der Waals surface area (Å²) in [5, 5.41) is 4.14. The molecule has 2 heterocycles. The Kier molecular flexibility index (Phi) is 3.56. The number of carbonyl (C=O) groups is 1. The molecule has 1 atom stereocenters. The largest absolute Gasteiger partial charge is 0.301 e. The molecule has 0 bridgehead atoms. The number of anilines is 1. The van der Waals surface area contributed by atoms with Crippen LogP contribution in [-0.2, 0) is 11.2 Å². The van der Waals surface area contributed by atoms with E-state index in [2.05, 4.69) is 22.4 Å². The standard InChI is InChI=1S/C16H11ClN2OS2/c17-10-5-6-11-13(8-10)22-16(18-11)19-15(20)14-7-9-3-1-2-4-12(9)21-14/h1-6,8,14H,7H2,(H,18,19,20). The average Bonchev–Trinajstić information content (AvgIpc) is 3.09. The van der Waals surface area contributed by atoms with E-state index in [-0.39, 0.29) is 11.2 Å². The first-order valence-electron chi connectivity index (χ1n) is 6.80. The molecule has 1 aliphatic rings. The molecule has 0 aliphatic carbocycles. The molecular weight excluding hydrogens is 336 g/mol. The van der Waals surface area contributed by atoms with E-state index in [1.807, 2.05) is 24.3 Å². The number of hydrogen-bond acceptors (Lipinski definition) is 4. The van der Waals surface area contributed by atoms with Gasteiger partial charge in [-0.15, -0.1) is 11.8 Å². The van der Waals surface area contributed by atoms with Crippen molar-refractivity contribution in [3.63, 3.8) is 0 Å². The van der Waals surface area contributed by atoms with Crippen molar-refractivity contribution in [3.05, 3.63) is 53.1 Å². The van der Waals surface area contributed by atoms with Crippen LogP contribution in [0.15, 0.2) is 47.4 Å². The molecule has 3 nitrogen and oxygen atoms in total. The van der Waals surface area contributed by atoms with Gasteiger partial charge >= 0.3 is 0 Å². The molecule has 1 aromatic heterocycles. The van der Waals surface area contributed by atoms with Gasteiger partial charge in [0.1, 0.15) is 0 Å². The van der Waals surface area contributed by atoms with Gasteiger partial charge in [0.25, 0.3) is 0 Å². The maximum Gasteiger partial charge on any atom is 0.239 e. The maximum absolute atomic E-state index is 12.4. The summed E-state index contributed by atoms with van der Waals surface area (Å²) in [6.45, 7) is 0. The fourth-order valence-corrected chi connectivity index (χ4v) is 4.81. The summed E-state index contributed by atoms with van der Waals surface area (Å²) in [7, 11) is 0. The van der Waals surface area contributed by atoms with Crippen molar-refractivity contribution in [2.75, 3.05) is 5.32 Å². The number of halogens is 1. The maximum atomic E-state index is 12.4. The van der Waals surface area contributed by atoms with Crippen LogP contribution >= 0.6 is 34.7 Å². The summed E-state index contributed by atoms with van der Waals surface area (Å²) in [6, 6.07) is 13.7. The first kappa shape index (κ1) is 14.1. The van der Waals surface area contributed by atoms with Crippen LogP contribution in [0.25, 0.3) is 10.2 Å². The van der Waals surface area contributed by atoms with Crippen molar-refractivity contribution in [2.24, 2.45) is 0 Å². The van der Waals surface area contributed by atoms with Crippen molar-refractivity contribution in [1.29, 1.82) is 0 Å². The quantitative estimate of drug-likeness (QED) is 0.737. The van der Waals surface area contributed by atoms with Crippen LogP contribution in [0.2, 0.25) is 5.02 Å². The lowest BCUT2D eigenvalue weighted by Crippen LogP contribution is -2.24. The van der Waals surface area contributed by atoms with Crippen LogP contribution in [0.1, 0.15) is 5.56 Å². The fourth-order valence-electron chi connectivity index (χ4n) is 2.47. The summed E-state index contributed by atoms with van der Waals surface area (Å²) >= 11 is 9.04. The minimum absolute atomic E-state index is 0.00588. The third kappa shape index (κ3) is 2.60. The Labute approximate surface area is 140 Å². The van der Waals surface area contributed by atoms with Gasteiger partial charge in [-0.1, -0.05) is 41.1 Å². The lowest BCUT2D eigenvalue weighted by molar-refractivity contribution is -0.115. The smallest absolute Gasteiger partial charge is 0.239 e. The summed E-state index contributed by atoms with van der Waals surface area (Å²) in [6.07, 6.45) is 0.767. The van der Waals surface area contributed by atoms with Crippen LogP contribution in [0, 0.1) is 0 Å². The molecule has 0 saturated heterocycles. The van der Waals surface area contributed by atoms with Crippen LogP contribution in [0.3, 0.4) is 0 Å². The van der Waals surface area contributed by atoms with E-state index in [1.54, 1.807) is 17.8 Å². The predicted octanol–water partition coefficient (Wildman–Crippen LogP) is 4.61. The van der Waals surface area contributed by atoms with Crippen molar-refractivity contribution in [2.45, 2.75) is 16.6 Å². The highest BCUT2D eigenvalue weighted by Crippen LogP contribution is 2.37. The molecule has 4 rings (SSSR count). The number of nitrogens with one attached hydrogen (secondary N) is 1. The monoisotopic (exact) mass is 346 g/mol. The number of fused-ring (bicyclic) bond motifs is 2. The predicted molar refractivity (Wildman–Crippen MR) is 93.1 cm³/mol. The molecule has 0 spiro atoms. The fraction of sp³-hybridized carbons (Fsp3) is 0.125. The second kappa shape index (κ2) is 5.57. The molecule has 1 amide bonds. The normalized spacial score (nSPS) is 16.7. The van der Waals surface area contributed by atoms with E-state index in [9.17, 15) is 4.79 Å². The van der Waals surface area contributed by atoms with Gasteiger partial charge in [0, 0.05) is 9.92 Å². The number of carbonyl (C=O) groups excluding carboxylic acids is 1. The minimum Gasteiger partial charge on any atom is -0.301 e. The number of thiazole rings is 1. The zero-order valence-corrected chi connectivity index (χ0v) is 13.8. The molecule has 2 aromatic carbocycles. The van der Waals surface area contributed by atoms with Gasteiger partial charge in [0.15, 0.2) is 5.13 Å². The van der Waals surface area contributed by atoms with E-state index < -0.39 is 0 Å². The van der Waals surface area contributed by atoms with E-state index in [0.717, 1.165) is 16.6 Å². The number of hydrogen-bond donors (Lipinski definition) is 1. The topological polar surface area (TPSA) is 42.0 Å². The lowest BCUT2D eigenvalue weighted by Gasteiger charge is -2.07.